The van der Waals surface area contributed by atoms with E-state index in [-0.39, 0.29) is 35.6 Å². The molecule has 0 amide bonds. The fourth-order valence-corrected chi connectivity index (χ4v) is 4.89. The molecule has 3 atom stereocenters. The van der Waals surface area contributed by atoms with Crippen LogP contribution in [-0.4, -0.2) is 17.3 Å². The van der Waals surface area contributed by atoms with Gasteiger partial charge in [0.1, 0.15) is 11.6 Å². The average molecular weight is 473 g/mol. The molecule has 0 N–H and O–H groups in total. The molecule has 34 heavy (non-hydrogen) atoms. The van der Waals surface area contributed by atoms with Gasteiger partial charge >= 0.3 is 0 Å². The lowest BCUT2D eigenvalue weighted by molar-refractivity contribution is -0.129. The molecule has 1 aromatic rings. The first-order chi connectivity index (χ1) is 16.1. The third kappa shape index (κ3) is 10.7. The van der Waals surface area contributed by atoms with Gasteiger partial charge in [0.25, 0.3) is 0 Å². The minimum absolute atomic E-state index is 0.0451. The van der Waals surface area contributed by atoms with Crippen LogP contribution in [0, 0.1) is 31.6 Å². The predicted octanol–water partition coefficient (Wildman–Crippen LogP) is 8.65. The number of carbonyl (C=O) groups is 3. The maximum atomic E-state index is 12.8. The maximum absolute atomic E-state index is 12.8. The number of unbranched alkanes of at least 4 members (excludes halogenated alkanes) is 1. The Bertz CT molecular complexity index is 760. The molecule has 0 bridgehead atoms. The molecular formula is C31H52O3. The molecular weight excluding hydrogens is 420 g/mol. The highest BCUT2D eigenvalue weighted by atomic mass is 16.1. The van der Waals surface area contributed by atoms with E-state index in [0.717, 1.165) is 43.2 Å². The maximum Gasteiger partial charge on any atom is 0.163 e. The number of ketones is 3. The number of Topliss-reactive ketones (excluding diaryl/α,β-unsaturated/α-hetero) is 3. The number of fused-ring (bicyclic) bond motifs is 1. The molecule has 2 rings (SSSR count). The molecule has 0 saturated carbocycles. The van der Waals surface area contributed by atoms with Crippen LogP contribution >= 0.6 is 0 Å². The minimum atomic E-state index is -0.0658. The zero-order valence-electron chi connectivity index (χ0n) is 23.7. The summed E-state index contributed by atoms with van der Waals surface area (Å²) in [5.74, 6) is 0.766. The standard InChI is InChI=1S/C24H34O3.C4H10.C3H8/c1-6-8-19(20(7-2)22(26)11-17(5)25)12-18-13-21-15(3)9-10-16(4)24(21)23(27)14-18;1-3-4-2;1-3-2/h9-10,18-20H,6-8,11-14H2,1-5H3;3-4H2,1-2H3;3H2,1-2H3. The SMILES string of the molecule is CCC.CCCC.CCCC(CC1CC(=O)c2c(C)ccc(C)c2C1)C(CC)C(=O)CC(C)=O. The van der Waals surface area contributed by atoms with Gasteiger partial charge in [-0.1, -0.05) is 85.8 Å². The number of hydrogen-bond acceptors (Lipinski definition) is 3. The van der Waals surface area contributed by atoms with E-state index in [9.17, 15) is 14.4 Å². The molecule has 194 valence electrons. The molecule has 0 saturated heterocycles. The molecule has 3 unspecified atom stereocenters. The molecule has 0 spiro atoms. The predicted molar refractivity (Wildman–Crippen MR) is 146 cm³/mol. The zero-order chi connectivity index (χ0) is 26.3. The largest absolute Gasteiger partial charge is 0.300 e. The molecule has 3 nitrogen and oxygen atoms in total. The van der Waals surface area contributed by atoms with Gasteiger partial charge in [-0.05, 0) is 68.6 Å². The van der Waals surface area contributed by atoms with Crippen molar-refractivity contribution >= 4 is 17.3 Å². The smallest absolute Gasteiger partial charge is 0.163 e. The van der Waals surface area contributed by atoms with Crippen LogP contribution in [0.5, 0.6) is 0 Å². The summed E-state index contributed by atoms with van der Waals surface area (Å²) >= 11 is 0. The summed E-state index contributed by atoms with van der Waals surface area (Å²) in [6, 6.07) is 4.15. The third-order valence-corrected chi connectivity index (χ3v) is 6.64. The van der Waals surface area contributed by atoms with Gasteiger partial charge in [-0.2, -0.15) is 0 Å². The molecule has 0 aromatic heterocycles. The molecule has 1 aliphatic rings. The van der Waals surface area contributed by atoms with Gasteiger partial charge in [-0.25, -0.2) is 0 Å². The third-order valence-electron chi connectivity index (χ3n) is 6.64. The zero-order valence-corrected chi connectivity index (χ0v) is 23.7. The lowest BCUT2D eigenvalue weighted by Gasteiger charge is -2.32. The van der Waals surface area contributed by atoms with E-state index in [2.05, 4.69) is 47.6 Å². The number of benzene rings is 1. The van der Waals surface area contributed by atoms with E-state index < -0.39 is 0 Å². The van der Waals surface area contributed by atoms with Crippen LogP contribution in [0.3, 0.4) is 0 Å². The summed E-state index contributed by atoms with van der Waals surface area (Å²) in [6.07, 6.45) is 9.10. The Morgan fingerprint density at radius 2 is 1.47 bits per heavy atom. The molecule has 0 aliphatic heterocycles. The van der Waals surface area contributed by atoms with Crippen LogP contribution in [0.15, 0.2) is 12.1 Å². The summed E-state index contributed by atoms with van der Waals surface area (Å²) in [5, 5.41) is 0. The van der Waals surface area contributed by atoms with E-state index in [4.69, 9.17) is 0 Å². The lowest BCUT2D eigenvalue weighted by atomic mass is 9.71. The van der Waals surface area contributed by atoms with Gasteiger partial charge in [0.2, 0.25) is 0 Å². The Kier molecular flexibility index (Phi) is 16.7. The van der Waals surface area contributed by atoms with Crippen molar-refractivity contribution in [2.24, 2.45) is 17.8 Å². The van der Waals surface area contributed by atoms with Crippen LogP contribution in [0.1, 0.15) is 133 Å². The van der Waals surface area contributed by atoms with E-state index in [1.807, 2.05) is 19.9 Å². The Balaban J connectivity index is 0.00000137. The Hall–Kier alpha value is -1.77. The number of rotatable bonds is 10. The van der Waals surface area contributed by atoms with Crippen LogP contribution in [-0.2, 0) is 16.0 Å². The summed E-state index contributed by atoms with van der Waals surface area (Å²) in [6.45, 7) is 18.4. The highest BCUT2D eigenvalue weighted by Gasteiger charge is 2.33. The summed E-state index contributed by atoms with van der Waals surface area (Å²) < 4.78 is 0. The van der Waals surface area contributed by atoms with Crippen molar-refractivity contribution in [2.45, 2.75) is 127 Å². The topological polar surface area (TPSA) is 51.2 Å². The van der Waals surface area contributed by atoms with Crippen molar-refractivity contribution < 1.29 is 14.4 Å². The quantitative estimate of drug-likeness (QED) is 0.320. The first kappa shape index (κ1) is 32.2. The van der Waals surface area contributed by atoms with Crippen LogP contribution < -0.4 is 0 Å². The van der Waals surface area contributed by atoms with Crippen LogP contribution in [0.4, 0.5) is 0 Å². The Morgan fingerprint density at radius 3 is 1.94 bits per heavy atom. The van der Waals surface area contributed by atoms with Gasteiger partial charge in [0.15, 0.2) is 5.78 Å². The van der Waals surface area contributed by atoms with Crippen molar-refractivity contribution in [3.8, 4) is 0 Å². The van der Waals surface area contributed by atoms with Gasteiger partial charge in [0.05, 0.1) is 6.42 Å². The van der Waals surface area contributed by atoms with Gasteiger partial charge in [-0.15, -0.1) is 0 Å². The Morgan fingerprint density at radius 1 is 0.912 bits per heavy atom. The monoisotopic (exact) mass is 472 g/mol. The van der Waals surface area contributed by atoms with Crippen molar-refractivity contribution in [3.05, 3.63) is 34.4 Å². The van der Waals surface area contributed by atoms with Gasteiger partial charge in [-0.3, -0.25) is 14.4 Å². The summed E-state index contributed by atoms with van der Waals surface area (Å²) in [7, 11) is 0. The lowest BCUT2D eigenvalue weighted by Crippen LogP contribution is -2.30. The van der Waals surface area contributed by atoms with Gasteiger partial charge < -0.3 is 0 Å². The average Bonchev–Trinajstić information content (AvgIpc) is 2.77. The Labute approximate surface area is 210 Å². The number of carbonyl (C=O) groups excluding carboxylic acids is 3. The van der Waals surface area contributed by atoms with Crippen molar-refractivity contribution in [1.82, 2.24) is 0 Å². The second-order valence-electron chi connectivity index (χ2n) is 10.1. The van der Waals surface area contributed by atoms with Crippen molar-refractivity contribution in [2.75, 3.05) is 0 Å². The highest BCUT2D eigenvalue weighted by molar-refractivity contribution is 6.00. The molecule has 1 aliphatic carbocycles. The number of aryl methyl sites for hydroxylation is 2. The van der Waals surface area contributed by atoms with Crippen molar-refractivity contribution in [3.63, 3.8) is 0 Å². The first-order valence-electron chi connectivity index (χ1n) is 13.8. The van der Waals surface area contributed by atoms with E-state index >= 15 is 0 Å². The second-order valence-corrected chi connectivity index (χ2v) is 10.1. The van der Waals surface area contributed by atoms with Crippen molar-refractivity contribution in [1.29, 1.82) is 0 Å². The fourth-order valence-electron chi connectivity index (χ4n) is 4.89. The second kappa shape index (κ2) is 17.6. The molecule has 1 aromatic carbocycles. The number of hydrogen-bond donors (Lipinski definition) is 0. The van der Waals surface area contributed by atoms with Gasteiger partial charge in [0, 0.05) is 17.9 Å². The molecule has 3 heteroatoms. The fraction of sp³-hybridized carbons (Fsp3) is 0.710. The van der Waals surface area contributed by atoms with Crippen LogP contribution in [0.25, 0.3) is 0 Å². The molecule has 0 heterocycles. The first-order valence-corrected chi connectivity index (χ1v) is 13.8. The summed E-state index contributed by atoms with van der Waals surface area (Å²) in [5.41, 5.74) is 4.40. The molecule has 0 radical (unpaired) electrons. The molecule has 0 fully saturated rings. The van der Waals surface area contributed by atoms with E-state index in [1.54, 1.807) is 0 Å². The van der Waals surface area contributed by atoms with E-state index in [0.29, 0.717) is 12.3 Å². The summed E-state index contributed by atoms with van der Waals surface area (Å²) in [4.78, 5) is 36.9. The van der Waals surface area contributed by atoms with E-state index in [1.165, 1.54) is 37.3 Å². The minimum Gasteiger partial charge on any atom is -0.300 e. The normalized spacial score (nSPS) is 16.3. The van der Waals surface area contributed by atoms with Crippen LogP contribution in [0.2, 0.25) is 0 Å². The highest BCUT2D eigenvalue weighted by Crippen LogP contribution is 2.37.